The van der Waals surface area contributed by atoms with Crippen molar-refractivity contribution in [3.63, 3.8) is 0 Å². The molecule has 0 unspecified atom stereocenters. The molecule has 3 N–H and O–H groups in total. The van der Waals surface area contributed by atoms with Crippen molar-refractivity contribution in [2.45, 2.75) is 18.9 Å². The molecule has 22 heavy (non-hydrogen) atoms. The number of nitrogens with zero attached hydrogens (tertiary/aromatic N) is 2. The summed E-state index contributed by atoms with van der Waals surface area (Å²) in [5.74, 6) is 1.49. The Morgan fingerprint density at radius 2 is 1.73 bits per heavy atom. The van der Waals surface area contributed by atoms with Crippen molar-refractivity contribution in [3.8, 4) is 5.75 Å². The number of hydrogen-bond donors (Lipinski definition) is 3. The molecule has 1 heterocycles. The molecule has 1 aliphatic carbocycles. The van der Waals surface area contributed by atoms with E-state index in [1.807, 2.05) is 30.3 Å². The minimum Gasteiger partial charge on any atom is -0.506 e. The highest BCUT2D eigenvalue weighted by Crippen LogP contribution is 2.30. The number of rotatable bonds is 4. The van der Waals surface area contributed by atoms with E-state index in [0.29, 0.717) is 17.7 Å². The fourth-order valence-electron chi connectivity index (χ4n) is 2.36. The van der Waals surface area contributed by atoms with Crippen LogP contribution in [0.5, 0.6) is 5.75 Å². The molecule has 5 heteroatoms. The van der Waals surface area contributed by atoms with Crippen molar-refractivity contribution >= 4 is 28.4 Å². The van der Waals surface area contributed by atoms with Crippen molar-refractivity contribution in [2.75, 3.05) is 10.6 Å². The van der Waals surface area contributed by atoms with Gasteiger partial charge in [0.1, 0.15) is 11.6 Å². The molecule has 1 saturated carbocycles. The Morgan fingerprint density at radius 1 is 0.955 bits per heavy atom. The average Bonchev–Trinajstić information content (AvgIpc) is 3.34. The summed E-state index contributed by atoms with van der Waals surface area (Å²) in [6, 6.07) is 15.5. The van der Waals surface area contributed by atoms with E-state index in [2.05, 4.69) is 20.6 Å². The Hall–Kier alpha value is -2.82. The third kappa shape index (κ3) is 2.53. The second-order valence-corrected chi connectivity index (χ2v) is 5.47. The van der Waals surface area contributed by atoms with Gasteiger partial charge in [0, 0.05) is 11.4 Å². The van der Waals surface area contributed by atoms with E-state index in [4.69, 9.17) is 0 Å². The Labute approximate surface area is 128 Å². The Bertz CT molecular complexity index is 830. The second kappa shape index (κ2) is 5.18. The Morgan fingerprint density at radius 3 is 2.55 bits per heavy atom. The van der Waals surface area contributed by atoms with Crippen molar-refractivity contribution in [1.82, 2.24) is 9.97 Å². The summed E-state index contributed by atoms with van der Waals surface area (Å²) in [6.07, 6.45) is 2.36. The van der Waals surface area contributed by atoms with Gasteiger partial charge in [-0.1, -0.05) is 24.3 Å². The van der Waals surface area contributed by atoms with Crippen LogP contribution in [0.3, 0.4) is 0 Å². The van der Waals surface area contributed by atoms with Crippen LogP contribution in [0.15, 0.2) is 48.5 Å². The predicted molar refractivity (Wildman–Crippen MR) is 87.6 cm³/mol. The highest BCUT2D eigenvalue weighted by molar-refractivity contribution is 5.90. The summed E-state index contributed by atoms with van der Waals surface area (Å²) in [5, 5.41) is 17.4. The lowest BCUT2D eigenvalue weighted by atomic mass is 10.2. The molecule has 0 spiro atoms. The Kier molecular flexibility index (Phi) is 3.04. The maximum absolute atomic E-state index is 9.88. The SMILES string of the molecule is Oc1ccccc1Nc1nc(NC2CC2)c2ccccc2n1. The molecule has 0 amide bonds. The third-order valence-electron chi connectivity index (χ3n) is 3.67. The number of anilines is 3. The van der Waals surface area contributed by atoms with Gasteiger partial charge in [0.15, 0.2) is 0 Å². The van der Waals surface area contributed by atoms with Gasteiger partial charge in [0.25, 0.3) is 0 Å². The molecule has 0 aliphatic heterocycles. The topological polar surface area (TPSA) is 70.1 Å². The van der Waals surface area contributed by atoms with Crippen LogP contribution >= 0.6 is 0 Å². The van der Waals surface area contributed by atoms with E-state index in [0.717, 1.165) is 16.7 Å². The highest BCUT2D eigenvalue weighted by atomic mass is 16.3. The molecular weight excluding hydrogens is 276 g/mol. The molecule has 0 saturated heterocycles. The zero-order valence-electron chi connectivity index (χ0n) is 12.0. The largest absolute Gasteiger partial charge is 0.506 e. The summed E-state index contributed by atoms with van der Waals surface area (Å²) < 4.78 is 0. The lowest BCUT2D eigenvalue weighted by Crippen LogP contribution is -2.07. The molecule has 0 radical (unpaired) electrons. The quantitative estimate of drug-likeness (QED) is 0.640. The number of phenols is 1. The fraction of sp³-hybridized carbons (Fsp3) is 0.176. The minimum atomic E-state index is 0.177. The van der Waals surface area contributed by atoms with Gasteiger partial charge in [-0.25, -0.2) is 4.98 Å². The van der Waals surface area contributed by atoms with E-state index in [9.17, 15) is 5.11 Å². The van der Waals surface area contributed by atoms with Gasteiger partial charge in [-0.3, -0.25) is 0 Å². The number of para-hydroxylation sites is 3. The van der Waals surface area contributed by atoms with E-state index in [-0.39, 0.29) is 5.75 Å². The number of hydrogen-bond acceptors (Lipinski definition) is 5. The van der Waals surface area contributed by atoms with Gasteiger partial charge >= 0.3 is 0 Å². The fourth-order valence-corrected chi connectivity index (χ4v) is 2.36. The molecule has 110 valence electrons. The van der Waals surface area contributed by atoms with Crippen LogP contribution < -0.4 is 10.6 Å². The number of phenolic OH excluding ortho intramolecular Hbond substituents is 1. The maximum Gasteiger partial charge on any atom is 0.229 e. The molecule has 1 fully saturated rings. The maximum atomic E-state index is 9.88. The molecule has 1 aromatic heterocycles. The van der Waals surface area contributed by atoms with E-state index in [1.165, 1.54) is 12.8 Å². The number of aromatic nitrogens is 2. The van der Waals surface area contributed by atoms with E-state index in [1.54, 1.807) is 18.2 Å². The summed E-state index contributed by atoms with van der Waals surface area (Å²) in [5.41, 5.74) is 1.47. The van der Waals surface area contributed by atoms with Crippen LogP contribution in [0.1, 0.15) is 12.8 Å². The number of aromatic hydroxyl groups is 1. The van der Waals surface area contributed by atoms with Crippen LogP contribution in [-0.4, -0.2) is 21.1 Å². The summed E-state index contributed by atoms with van der Waals surface area (Å²) in [6.45, 7) is 0. The van der Waals surface area contributed by atoms with Crippen molar-refractivity contribution in [1.29, 1.82) is 0 Å². The van der Waals surface area contributed by atoms with Crippen LogP contribution in [0.2, 0.25) is 0 Å². The standard InChI is InChI=1S/C17H16N4O/c22-15-8-4-3-7-14(15)20-17-19-13-6-2-1-5-12(13)16(21-17)18-11-9-10-11/h1-8,11,22H,9-10H2,(H2,18,19,20,21). The molecular formula is C17H16N4O. The van der Waals surface area contributed by atoms with Crippen LogP contribution in [0.25, 0.3) is 10.9 Å². The first-order valence-corrected chi connectivity index (χ1v) is 7.38. The summed E-state index contributed by atoms with van der Waals surface area (Å²) in [4.78, 5) is 9.10. The zero-order valence-corrected chi connectivity index (χ0v) is 12.0. The number of nitrogens with one attached hydrogen (secondary N) is 2. The van der Waals surface area contributed by atoms with Gasteiger partial charge in [-0.15, -0.1) is 0 Å². The van der Waals surface area contributed by atoms with Gasteiger partial charge in [-0.05, 0) is 37.1 Å². The molecule has 2 aromatic carbocycles. The normalized spacial score (nSPS) is 14.0. The van der Waals surface area contributed by atoms with Crippen molar-refractivity contribution < 1.29 is 5.11 Å². The lowest BCUT2D eigenvalue weighted by Gasteiger charge is -2.12. The summed E-state index contributed by atoms with van der Waals surface area (Å²) in [7, 11) is 0. The van der Waals surface area contributed by atoms with Crippen molar-refractivity contribution in [3.05, 3.63) is 48.5 Å². The van der Waals surface area contributed by atoms with E-state index < -0.39 is 0 Å². The predicted octanol–water partition coefficient (Wildman–Crippen LogP) is 3.65. The molecule has 4 rings (SSSR count). The van der Waals surface area contributed by atoms with E-state index >= 15 is 0 Å². The molecule has 0 bridgehead atoms. The van der Waals surface area contributed by atoms with Crippen LogP contribution in [0, 0.1) is 0 Å². The van der Waals surface area contributed by atoms with Crippen molar-refractivity contribution in [2.24, 2.45) is 0 Å². The van der Waals surface area contributed by atoms with Crippen LogP contribution in [-0.2, 0) is 0 Å². The smallest absolute Gasteiger partial charge is 0.229 e. The first-order chi connectivity index (χ1) is 10.8. The Balaban J connectivity index is 1.75. The van der Waals surface area contributed by atoms with Gasteiger partial charge < -0.3 is 15.7 Å². The molecule has 1 aliphatic rings. The monoisotopic (exact) mass is 292 g/mol. The zero-order chi connectivity index (χ0) is 14.9. The second-order valence-electron chi connectivity index (χ2n) is 5.47. The average molecular weight is 292 g/mol. The van der Waals surface area contributed by atoms with Gasteiger partial charge in [-0.2, -0.15) is 4.98 Å². The highest BCUT2D eigenvalue weighted by Gasteiger charge is 2.22. The number of fused-ring (bicyclic) bond motifs is 1. The first kappa shape index (κ1) is 12.9. The minimum absolute atomic E-state index is 0.177. The molecule has 5 nitrogen and oxygen atoms in total. The summed E-state index contributed by atoms with van der Waals surface area (Å²) >= 11 is 0. The third-order valence-corrected chi connectivity index (χ3v) is 3.67. The van der Waals surface area contributed by atoms with Gasteiger partial charge in [0.2, 0.25) is 5.95 Å². The molecule has 3 aromatic rings. The van der Waals surface area contributed by atoms with Gasteiger partial charge in [0.05, 0.1) is 11.2 Å². The molecule has 0 atom stereocenters. The first-order valence-electron chi connectivity index (χ1n) is 7.38. The number of benzene rings is 2. The van der Waals surface area contributed by atoms with Crippen LogP contribution in [0.4, 0.5) is 17.5 Å². The lowest BCUT2D eigenvalue weighted by molar-refractivity contribution is 0.477.